The predicted octanol–water partition coefficient (Wildman–Crippen LogP) is 3.81. The Balaban J connectivity index is 1.80. The van der Waals surface area contributed by atoms with Gasteiger partial charge in [0.05, 0.1) is 36.7 Å². The normalized spacial score (nSPS) is 30.1. The van der Waals surface area contributed by atoms with Crippen LogP contribution in [0.25, 0.3) is 0 Å². The van der Waals surface area contributed by atoms with Gasteiger partial charge in [0.25, 0.3) is 0 Å². The van der Waals surface area contributed by atoms with Crippen molar-refractivity contribution >= 4 is 23.4 Å². The fourth-order valence-electron chi connectivity index (χ4n) is 7.37. The number of rotatable bonds is 14. The van der Waals surface area contributed by atoms with E-state index in [1.807, 2.05) is 45.0 Å². The Morgan fingerprint density at radius 1 is 1.19 bits per heavy atom. The van der Waals surface area contributed by atoms with Crippen molar-refractivity contribution in [1.29, 1.82) is 0 Å². The highest BCUT2D eigenvalue weighted by molar-refractivity contribution is 6.03. The maximum Gasteiger partial charge on any atom is 0.248 e. The van der Waals surface area contributed by atoms with E-state index in [-0.39, 0.29) is 36.8 Å². The molecule has 1 spiro atoms. The summed E-state index contributed by atoms with van der Waals surface area (Å²) in [7, 11) is 0. The van der Waals surface area contributed by atoms with Crippen LogP contribution in [0.1, 0.15) is 53.9 Å². The molecule has 0 aliphatic carbocycles. The first-order chi connectivity index (χ1) is 20.1. The smallest absolute Gasteiger partial charge is 0.248 e. The lowest BCUT2D eigenvalue weighted by molar-refractivity contribution is -0.155. The van der Waals surface area contributed by atoms with Crippen LogP contribution < -0.4 is 9.64 Å². The Morgan fingerprint density at radius 3 is 2.43 bits per heavy atom. The van der Waals surface area contributed by atoms with Gasteiger partial charge in [-0.05, 0) is 63.8 Å². The van der Waals surface area contributed by atoms with Crippen molar-refractivity contribution in [2.24, 2.45) is 17.8 Å². The number of nitrogens with zero attached hydrogens (tertiary/aromatic N) is 3. The molecule has 1 N–H and O–H groups in total. The van der Waals surface area contributed by atoms with E-state index in [2.05, 4.69) is 20.1 Å². The van der Waals surface area contributed by atoms with E-state index in [1.54, 1.807) is 28.9 Å². The summed E-state index contributed by atoms with van der Waals surface area (Å²) in [5.41, 5.74) is -1.48. The van der Waals surface area contributed by atoms with Gasteiger partial charge in [-0.2, -0.15) is 0 Å². The topological polar surface area (TPSA) is 99.6 Å². The van der Waals surface area contributed by atoms with Gasteiger partial charge in [-0.1, -0.05) is 32.4 Å². The number of carbonyl (C=O) groups excluding carboxylic acids is 3. The molecule has 3 heterocycles. The molecule has 9 heteroatoms. The lowest BCUT2D eigenvalue weighted by atomic mass is 9.62. The molecular weight excluding hydrogens is 534 g/mol. The number of likely N-dealkylation sites (tertiary alicyclic amines) is 1. The third kappa shape index (κ3) is 5.04. The molecule has 3 fully saturated rings. The Hall–Kier alpha value is -3.17. The van der Waals surface area contributed by atoms with Gasteiger partial charge < -0.3 is 29.3 Å². The molecule has 0 saturated carbocycles. The number of hydrogen-bond donors (Lipinski definition) is 1. The number of hydrogen-bond acceptors (Lipinski definition) is 6. The molecular formula is C33H47N3O6. The van der Waals surface area contributed by atoms with Gasteiger partial charge in [0.15, 0.2) is 0 Å². The van der Waals surface area contributed by atoms with Gasteiger partial charge >= 0.3 is 0 Å². The summed E-state index contributed by atoms with van der Waals surface area (Å²) in [6.45, 7) is 18.7. The molecule has 4 rings (SSSR count). The summed E-state index contributed by atoms with van der Waals surface area (Å²) in [6, 6.07) is 5.71. The number of amides is 3. The number of fused-ring (bicyclic) bond motifs is 1. The third-order valence-corrected chi connectivity index (χ3v) is 9.47. The van der Waals surface area contributed by atoms with Gasteiger partial charge in [0.2, 0.25) is 17.7 Å². The van der Waals surface area contributed by atoms with Crippen LogP contribution >= 0.6 is 0 Å². The maximum absolute atomic E-state index is 14.6. The van der Waals surface area contributed by atoms with Crippen molar-refractivity contribution in [2.75, 3.05) is 37.7 Å². The first kappa shape index (κ1) is 31.8. The van der Waals surface area contributed by atoms with E-state index in [4.69, 9.17) is 9.47 Å². The van der Waals surface area contributed by atoms with Crippen molar-refractivity contribution in [3.63, 3.8) is 0 Å². The van der Waals surface area contributed by atoms with E-state index in [0.29, 0.717) is 37.6 Å². The number of anilines is 1. The zero-order chi connectivity index (χ0) is 30.8. The van der Waals surface area contributed by atoms with E-state index in [0.717, 1.165) is 12.8 Å². The maximum atomic E-state index is 14.6. The second-order valence-corrected chi connectivity index (χ2v) is 12.1. The summed E-state index contributed by atoms with van der Waals surface area (Å²) in [5, 5.41) is 10.2. The zero-order valence-electron chi connectivity index (χ0n) is 25.8. The molecule has 9 nitrogen and oxygen atoms in total. The highest BCUT2D eigenvalue weighted by Crippen LogP contribution is 2.65. The van der Waals surface area contributed by atoms with Crippen molar-refractivity contribution in [3.05, 3.63) is 49.6 Å². The summed E-state index contributed by atoms with van der Waals surface area (Å²) in [5.74, 6) is -1.86. The van der Waals surface area contributed by atoms with Crippen molar-refractivity contribution < 1.29 is 29.0 Å². The Kier molecular flexibility index (Phi) is 9.52. The van der Waals surface area contributed by atoms with Crippen LogP contribution in [0.3, 0.4) is 0 Å². The van der Waals surface area contributed by atoms with Crippen LogP contribution in [0.2, 0.25) is 0 Å². The van der Waals surface area contributed by atoms with Gasteiger partial charge in [-0.3, -0.25) is 14.4 Å². The summed E-state index contributed by atoms with van der Waals surface area (Å²) in [4.78, 5) is 48.3. The molecule has 0 aromatic heterocycles. The van der Waals surface area contributed by atoms with E-state index >= 15 is 0 Å². The summed E-state index contributed by atoms with van der Waals surface area (Å²) >= 11 is 0. The van der Waals surface area contributed by atoms with Crippen LogP contribution in [0, 0.1) is 17.8 Å². The first-order valence-electron chi connectivity index (χ1n) is 15.2. The lowest BCUT2D eigenvalue weighted by Gasteiger charge is -2.39. The highest BCUT2D eigenvalue weighted by Gasteiger charge is 2.80. The standard InChI is InChI=1S/C33H47N3O6/c1-8-12-19-34(17-9-2)31(40)28-33-20-22(5)32(7,42-33)26(27(33)30(39)36(28)23(6)21-37)29(38)35(18-10-3)24-13-15-25(16-14-24)41-11-4/h9-10,13-16,22-23,26-28,37H,2-3,8,11-12,17-21H2,1,4-7H3/t22?,23-,26+,27+,28?,32-,33?/m1/s1. The quantitative estimate of drug-likeness (QED) is 0.336. The number of benzene rings is 1. The van der Waals surface area contributed by atoms with Crippen molar-refractivity contribution in [3.8, 4) is 5.75 Å². The zero-order valence-corrected chi connectivity index (χ0v) is 25.8. The van der Waals surface area contributed by atoms with Crippen LogP contribution in [0.15, 0.2) is 49.6 Å². The fraction of sp³-hybridized carbons (Fsp3) is 0.606. The molecule has 3 unspecified atom stereocenters. The van der Waals surface area contributed by atoms with Crippen LogP contribution in [-0.4, -0.2) is 88.8 Å². The Labute approximate surface area is 250 Å². The van der Waals surface area contributed by atoms with Crippen molar-refractivity contribution in [2.45, 2.75) is 77.2 Å². The van der Waals surface area contributed by atoms with Crippen LogP contribution in [-0.2, 0) is 19.1 Å². The van der Waals surface area contributed by atoms with Crippen molar-refractivity contribution in [1.82, 2.24) is 9.80 Å². The molecule has 2 bridgehead atoms. The molecule has 3 saturated heterocycles. The minimum Gasteiger partial charge on any atom is -0.494 e. The fourth-order valence-corrected chi connectivity index (χ4v) is 7.37. The van der Waals surface area contributed by atoms with Gasteiger partial charge in [0, 0.05) is 25.3 Å². The Bertz CT molecular complexity index is 1190. The number of aliphatic hydroxyl groups excluding tert-OH is 1. The van der Waals surface area contributed by atoms with Gasteiger partial charge in [-0.15, -0.1) is 13.2 Å². The lowest BCUT2D eigenvalue weighted by Crippen LogP contribution is -2.58. The molecule has 3 aliphatic heterocycles. The molecule has 7 atom stereocenters. The van der Waals surface area contributed by atoms with E-state index < -0.39 is 35.1 Å². The second kappa shape index (κ2) is 12.6. The summed E-state index contributed by atoms with van der Waals surface area (Å²) in [6.07, 6.45) is 5.53. The molecule has 3 amide bonds. The number of aliphatic hydroxyl groups is 1. The molecule has 0 radical (unpaired) electrons. The third-order valence-electron chi connectivity index (χ3n) is 9.47. The molecule has 42 heavy (non-hydrogen) atoms. The average molecular weight is 582 g/mol. The first-order valence-corrected chi connectivity index (χ1v) is 15.2. The SMILES string of the molecule is C=CCN(CCCC)C(=O)C1N([C@H](C)CO)C(=O)[C@@H]2[C@@H](C(=O)N(CC=C)c3ccc(OCC)cc3)[C@]3(C)OC12CC3C. The minimum absolute atomic E-state index is 0.0930. The summed E-state index contributed by atoms with van der Waals surface area (Å²) < 4.78 is 12.5. The average Bonchev–Trinajstić information content (AvgIpc) is 3.50. The van der Waals surface area contributed by atoms with Crippen LogP contribution in [0.4, 0.5) is 5.69 Å². The molecule has 230 valence electrons. The molecule has 1 aromatic carbocycles. The number of unbranched alkanes of at least 4 members (excludes halogenated alkanes) is 1. The predicted molar refractivity (Wildman–Crippen MR) is 162 cm³/mol. The second-order valence-electron chi connectivity index (χ2n) is 12.1. The number of ether oxygens (including phenoxy) is 2. The van der Waals surface area contributed by atoms with E-state index in [9.17, 15) is 19.5 Å². The van der Waals surface area contributed by atoms with Crippen LogP contribution in [0.5, 0.6) is 5.75 Å². The van der Waals surface area contributed by atoms with Gasteiger partial charge in [0.1, 0.15) is 17.4 Å². The molecule has 3 aliphatic rings. The highest BCUT2D eigenvalue weighted by atomic mass is 16.5. The van der Waals surface area contributed by atoms with Gasteiger partial charge in [-0.25, -0.2) is 0 Å². The Morgan fingerprint density at radius 2 is 1.86 bits per heavy atom. The van der Waals surface area contributed by atoms with E-state index in [1.165, 1.54) is 4.90 Å². The minimum atomic E-state index is -1.18. The number of carbonyl (C=O) groups is 3. The monoisotopic (exact) mass is 581 g/mol. The largest absolute Gasteiger partial charge is 0.494 e. The molecule has 1 aromatic rings.